The number of rotatable bonds is 9. The molecule has 27 heavy (non-hydrogen) atoms. The van der Waals surface area contributed by atoms with Crippen molar-refractivity contribution in [2.24, 2.45) is 5.92 Å². The van der Waals surface area contributed by atoms with Crippen LogP contribution >= 0.6 is 15.9 Å². The number of nitrogens with one attached hydrogen (secondary N) is 2. The fourth-order valence-electron chi connectivity index (χ4n) is 3.21. The van der Waals surface area contributed by atoms with E-state index in [2.05, 4.69) is 82.5 Å². The zero-order chi connectivity index (χ0) is 19.1. The van der Waals surface area contributed by atoms with Crippen LogP contribution in [0.4, 0.5) is 0 Å². The average Bonchev–Trinajstić information content (AvgIpc) is 3.15. The molecular weight excluding hydrogens is 398 g/mol. The summed E-state index contributed by atoms with van der Waals surface area (Å²) < 4.78 is 1.07. The third-order valence-corrected chi connectivity index (χ3v) is 5.21. The molecule has 0 unspecified atom stereocenters. The Balaban J connectivity index is 1.73. The largest absolute Gasteiger partial charge is 0.347 e. The predicted octanol–water partition coefficient (Wildman–Crippen LogP) is 6.50. The van der Waals surface area contributed by atoms with Gasteiger partial charge < -0.3 is 10.3 Å². The maximum atomic E-state index is 4.89. The van der Waals surface area contributed by atoms with Crippen LogP contribution in [0, 0.1) is 5.92 Å². The summed E-state index contributed by atoms with van der Waals surface area (Å²) in [4.78, 5) is 8.30. The van der Waals surface area contributed by atoms with Crippen molar-refractivity contribution in [3.8, 4) is 11.3 Å². The Morgan fingerprint density at radius 2 is 1.85 bits per heavy atom. The molecule has 0 spiro atoms. The first-order chi connectivity index (χ1) is 13.1. The Hall–Kier alpha value is -1.91. The molecule has 1 atom stereocenters. The minimum atomic E-state index is 0.227. The van der Waals surface area contributed by atoms with E-state index in [4.69, 9.17) is 4.98 Å². The summed E-state index contributed by atoms with van der Waals surface area (Å²) in [6.07, 6.45) is 5.52. The minimum absolute atomic E-state index is 0.227. The molecule has 4 heteroatoms. The van der Waals surface area contributed by atoms with Gasteiger partial charge in [0.1, 0.15) is 5.82 Å². The highest BCUT2D eigenvalue weighted by Crippen LogP contribution is 2.25. The van der Waals surface area contributed by atoms with Gasteiger partial charge in [-0.05, 0) is 30.0 Å². The quantitative estimate of drug-likeness (QED) is 0.410. The summed E-state index contributed by atoms with van der Waals surface area (Å²) >= 11 is 3.54. The second kappa shape index (κ2) is 9.86. The highest BCUT2D eigenvalue weighted by molar-refractivity contribution is 9.10. The average molecular weight is 426 g/mol. The second-order valence-electron chi connectivity index (χ2n) is 7.43. The molecule has 1 heterocycles. The molecule has 2 N–H and O–H groups in total. The van der Waals surface area contributed by atoms with Crippen LogP contribution in [-0.2, 0) is 6.54 Å². The van der Waals surface area contributed by atoms with Crippen LogP contribution in [0.15, 0.2) is 65.3 Å². The fraction of sp³-hybridized carbons (Fsp3) is 0.348. The lowest BCUT2D eigenvalue weighted by molar-refractivity contribution is 0.434. The van der Waals surface area contributed by atoms with Crippen LogP contribution in [0.1, 0.15) is 50.5 Å². The smallest absolute Gasteiger partial charge is 0.124 e. The number of nitrogens with zero attached hydrogens (tertiary/aromatic N) is 1. The van der Waals surface area contributed by atoms with Crippen LogP contribution < -0.4 is 5.32 Å². The van der Waals surface area contributed by atoms with Crippen molar-refractivity contribution in [1.82, 2.24) is 15.3 Å². The number of benzene rings is 2. The van der Waals surface area contributed by atoms with Crippen molar-refractivity contribution in [1.29, 1.82) is 0 Å². The number of H-pyrrole nitrogens is 1. The summed E-state index contributed by atoms with van der Waals surface area (Å²) in [6, 6.07) is 19.0. The van der Waals surface area contributed by atoms with Crippen molar-refractivity contribution >= 4 is 15.9 Å². The fourth-order valence-corrected chi connectivity index (χ4v) is 3.61. The van der Waals surface area contributed by atoms with E-state index >= 15 is 0 Å². The Morgan fingerprint density at radius 3 is 2.59 bits per heavy atom. The zero-order valence-electron chi connectivity index (χ0n) is 16.1. The molecule has 142 valence electrons. The van der Waals surface area contributed by atoms with Crippen molar-refractivity contribution < 1.29 is 0 Å². The molecule has 3 aromatic rings. The summed E-state index contributed by atoms with van der Waals surface area (Å²) in [5, 5.41) is 3.70. The Kier molecular flexibility index (Phi) is 7.25. The van der Waals surface area contributed by atoms with E-state index in [1.165, 1.54) is 18.4 Å². The highest BCUT2D eigenvalue weighted by atomic mass is 79.9. The van der Waals surface area contributed by atoms with E-state index in [0.29, 0.717) is 0 Å². The minimum Gasteiger partial charge on any atom is -0.347 e. The van der Waals surface area contributed by atoms with Crippen molar-refractivity contribution in [3.63, 3.8) is 0 Å². The number of aromatic amines is 1. The normalized spacial score (nSPS) is 12.4. The number of aromatic nitrogens is 2. The van der Waals surface area contributed by atoms with Crippen LogP contribution in [0.25, 0.3) is 11.3 Å². The lowest BCUT2D eigenvalue weighted by Crippen LogP contribution is -2.22. The summed E-state index contributed by atoms with van der Waals surface area (Å²) in [6.45, 7) is 5.41. The van der Waals surface area contributed by atoms with Gasteiger partial charge in [-0.15, -0.1) is 0 Å². The van der Waals surface area contributed by atoms with E-state index in [1.807, 2.05) is 18.3 Å². The standard InChI is InChI=1S/C23H28BrN3/c1-17(2)8-6-13-21(25-15-18-9-4-3-5-10-18)23-26-16-22(27-23)19-11-7-12-20(24)14-19/h3-5,7,9-12,14,16-17,21,25H,6,8,13,15H2,1-2H3,(H,26,27)/t21-/m0/s1. The van der Waals surface area contributed by atoms with Gasteiger partial charge in [-0.3, -0.25) is 0 Å². The van der Waals surface area contributed by atoms with Gasteiger partial charge in [-0.1, -0.05) is 85.1 Å². The Labute approximate surface area is 170 Å². The van der Waals surface area contributed by atoms with Crippen LogP contribution in [0.2, 0.25) is 0 Å². The third-order valence-electron chi connectivity index (χ3n) is 4.72. The molecule has 0 radical (unpaired) electrons. The van der Waals surface area contributed by atoms with Gasteiger partial charge in [0.05, 0.1) is 11.7 Å². The molecule has 0 bridgehead atoms. The maximum absolute atomic E-state index is 4.89. The van der Waals surface area contributed by atoms with Crippen molar-refractivity contribution in [3.05, 3.63) is 76.7 Å². The van der Waals surface area contributed by atoms with Gasteiger partial charge in [0.15, 0.2) is 0 Å². The van der Waals surface area contributed by atoms with E-state index in [9.17, 15) is 0 Å². The number of hydrogen-bond donors (Lipinski definition) is 2. The molecule has 1 aromatic heterocycles. The van der Waals surface area contributed by atoms with Crippen LogP contribution in [-0.4, -0.2) is 9.97 Å². The maximum Gasteiger partial charge on any atom is 0.124 e. The number of imidazole rings is 1. The lowest BCUT2D eigenvalue weighted by atomic mass is 10.0. The summed E-state index contributed by atoms with van der Waals surface area (Å²) in [5.41, 5.74) is 3.41. The van der Waals surface area contributed by atoms with Crippen LogP contribution in [0.5, 0.6) is 0 Å². The summed E-state index contributed by atoms with van der Waals surface area (Å²) in [7, 11) is 0. The van der Waals surface area contributed by atoms with Crippen LogP contribution in [0.3, 0.4) is 0 Å². The SMILES string of the molecule is CC(C)CCC[C@H](NCc1ccccc1)c1nc(-c2cccc(Br)c2)c[nH]1. The lowest BCUT2D eigenvalue weighted by Gasteiger charge is -2.17. The van der Waals surface area contributed by atoms with Crippen molar-refractivity contribution in [2.45, 2.75) is 45.7 Å². The number of hydrogen-bond acceptors (Lipinski definition) is 2. The van der Waals surface area contributed by atoms with Gasteiger partial charge in [-0.25, -0.2) is 4.98 Å². The van der Waals surface area contributed by atoms with Crippen molar-refractivity contribution in [2.75, 3.05) is 0 Å². The van der Waals surface area contributed by atoms with E-state index < -0.39 is 0 Å². The molecule has 0 saturated heterocycles. The molecule has 3 nitrogen and oxygen atoms in total. The second-order valence-corrected chi connectivity index (χ2v) is 8.34. The van der Waals surface area contributed by atoms with Gasteiger partial charge in [0, 0.05) is 22.8 Å². The van der Waals surface area contributed by atoms with Gasteiger partial charge >= 0.3 is 0 Å². The highest BCUT2D eigenvalue weighted by Gasteiger charge is 2.16. The first kappa shape index (κ1) is 19.8. The molecule has 2 aromatic carbocycles. The summed E-state index contributed by atoms with van der Waals surface area (Å²) in [5.74, 6) is 1.75. The molecule has 0 aliphatic carbocycles. The van der Waals surface area contributed by atoms with E-state index in [-0.39, 0.29) is 6.04 Å². The molecule has 0 saturated carbocycles. The predicted molar refractivity (Wildman–Crippen MR) is 116 cm³/mol. The molecule has 0 amide bonds. The molecule has 0 aliphatic rings. The molecule has 3 rings (SSSR count). The molecule has 0 fully saturated rings. The van der Waals surface area contributed by atoms with Gasteiger partial charge in [0.25, 0.3) is 0 Å². The molecule has 0 aliphatic heterocycles. The zero-order valence-corrected chi connectivity index (χ0v) is 17.7. The van der Waals surface area contributed by atoms with E-state index in [1.54, 1.807) is 0 Å². The number of halogens is 1. The first-order valence-corrected chi connectivity index (χ1v) is 10.5. The molecular formula is C23H28BrN3. The third kappa shape index (κ3) is 6.05. The Bertz CT molecular complexity index is 826. The topological polar surface area (TPSA) is 40.7 Å². The monoisotopic (exact) mass is 425 g/mol. The Morgan fingerprint density at radius 1 is 1.04 bits per heavy atom. The van der Waals surface area contributed by atoms with Gasteiger partial charge in [0.2, 0.25) is 0 Å². The van der Waals surface area contributed by atoms with Gasteiger partial charge in [-0.2, -0.15) is 0 Å². The first-order valence-electron chi connectivity index (χ1n) is 9.70. The van der Waals surface area contributed by atoms with E-state index in [0.717, 1.165) is 40.4 Å².